The largest absolute Gasteiger partial charge is 0.320 e. The van der Waals surface area contributed by atoms with E-state index in [0.29, 0.717) is 12.8 Å². The summed E-state index contributed by atoms with van der Waals surface area (Å²) in [6.07, 6.45) is 1.95. The molecule has 1 aromatic carbocycles. The SMILES string of the molecule is CNCCCC(=O)Cc1ccc2ccccc2n1. The fourth-order valence-electron chi connectivity index (χ4n) is 1.96. The van der Waals surface area contributed by atoms with Gasteiger partial charge in [0.15, 0.2) is 0 Å². The van der Waals surface area contributed by atoms with Crippen molar-refractivity contribution in [1.82, 2.24) is 10.3 Å². The molecule has 3 nitrogen and oxygen atoms in total. The van der Waals surface area contributed by atoms with Gasteiger partial charge in [0.1, 0.15) is 5.78 Å². The summed E-state index contributed by atoms with van der Waals surface area (Å²) in [5, 5.41) is 4.16. The highest BCUT2D eigenvalue weighted by molar-refractivity contribution is 5.82. The Hall–Kier alpha value is -1.74. The summed E-state index contributed by atoms with van der Waals surface area (Å²) in [6.45, 7) is 0.886. The molecule has 0 radical (unpaired) electrons. The average Bonchev–Trinajstić information content (AvgIpc) is 2.39. The zero-order valence-corrected chi connectivity index (χ0v) is 10.6. The first-order valence-corrected chi connectivity index (χ1v) is 6.30. The summed E-state index contributed by atoms with van der Waals surface area (Å²) >= 11 is 0. The molecule has 1 N–H and O–H groups in total. The molecular formula is C15H18N2O. The number of nitrogens with one attached hydrogen (secondary N) is 1. The van der Waals surface area contributed by atoms with Crippen molar-refractivity contribution in [3.63, 3.8) is 0 Å². The lowest BCUT2D eigenvalue weighted by molar-refractivity contribution is -0.118. The van der Waals surface area contributed by atoms with Crippen molar-refractivity contribution >= 4 is 16.7 Å². The Kier molecular flexibility index (Phi) is 4.42. The third-order valence-electron chi connectivity index (χ3n) is 2.92. The average molecular weight is 242 g/mol. The molecule has 3 heteroatoms. The Morgan fingerprint density at radius 3 is 2.89 bits per heavy atom. The fourth-order valence-corrected chi connectivity index (χ4v) is 1.96. The van der Waals surface area contributed by atoms with E-state index in [2.05, 4.69) is 10.3 Å². The molecule has 1 aromatic heterocycles. The second-order valence-electron chi connectivity index (χ2n) is 4.42. The Balaban J connectivity index is 2.01. The van der Waals surface area contributed by atoms with Crippen molar-refractivity contribution < 1.29 is 4.79 Å². The molecule has 2 aromatic rings. The minimum absolute atomic E-state index is 0.257. The van der Waals surface area contributed by atoms with Crippen molar-refractivity contribution in [2.24, 2.45) is 0 Å². The van der Waals surface area contributed by atoms with Crippen LogP contribution in [0.3, 0.4) is 0 Å². The number of para-hydroxylation sites is 1. The van der Waals surface area contributed by atoms with Crippen LogP contribution in [-0.4, -0.2) is 24.4 Å². The molecule has 0 spiro atoms. The van der Waals surface area contributed by atoms with Gasteiger partial charge in [0.05, 0.1) is 5.52 Å². The number of hydrogen-bond acceptors (Lipinski definition) is 3. The van der Waals surface area contributed by atoms with Gasteiger partial charge < -0.3 is 5.32 Å². The van der Waals surface area contributed by atoms with Gasteiger partial charge in [-0.05, 0) is 32.1 Å². The van der Waals surface area contributed by atoms with E-state index in [1.165, 1.54) is 0 Å². The molecule has 0 aliphatic carbocycles. The Labute approximate surface area is 107 Å². The third kappa shape index (κ3) is 3.37. The van der Waals surface area contributed by atoms with E-state index in [-0.39, 0.29) is 5.78 Å². The van der Waals surface area contributed by atoms with E-state index in [9.17, 15) is 4.79 Å². The number of pyridine rings is 1. The molecule has 0 amide bonds. The molecule has 1 heterocycles. The number of nitrogens with zero attached hydrogens (tertiary/aromatic N) is 1. The Morgan fingerprint density at radius 2 is 2.06 bits per heavy atom. The molecule has 2 rings (SSSR count). The van der Waals surface area contributed by atoms with Crippen LogP contribution in [0.2, 0.25) is 0 Å². The molecule has 0 aliphatic rings. The zero-order chi connectivity index (χ0) is 12.8. The Morgan fingerprint density at radius 1 is 1.22 bits per heavy atom. The van der Waals surface area contributed by atoms with Gasteiger partial charge in [0, 0.05) is 23.9 Å². The quantitative estimate of drug-likeness (QED) is 0.791. The van der Waals surface area contributed by atoms with Crippen molar-refractivity contribution in [1.29, 1.82) is 0 Å². The van der Waals surface area contributed by atoms with Crippen LogP contribution >= 0.6 is 0 Å². The van der Waals surface area contributed by atoms with Gasteiger partial charge in [-0.1, -0.05) is 24.3 Å². The van der Waals surface area contributed by atoms with Crippen molar-refractivity contribution in [3.05, 3.63) is 42.1 Å². The van der Waals surface area contributed by atoms with Gasteiger partial charge in [0.2, 0.25) is 0 Å². The van der Waals surface area contributed by atoms with E-state index in [1.807, 2.05) is 43.4 Å². The number of Topliss-reactive ketones (excluding diaryl/α,β-unsaturated/α-hetero) is 1. The normalized spacial score (nSPS) is 10.7. The van der Waals surface area contributed by atoms with Crippen LogP contribution in [0.15, 0.2) is 36.4 Å². The predicted octanol–water partition coefficient (Wildman–Crippen LogP) is 2.35. The van der Waals surface area contributed by atoms with Crippen LogP contribution in [0.4, 0.5) is 0 Å². The van der Waals surface area contributed by atoms with Crippen LogP contribution in [0.5, 0.6) is 0 Å². The number of aromatic nitrogens is 1. The number of carbonyl (C=O) groups excluding carboxylic acids is 1. The summed E-state index contributed by atoms with van der Waals surface area (Å²) in [7, 11) is 1.90. The zero-order valence-electron chi connectivity index (χ0n) is 10.6. The molecule has 0 atom stereocenters. The summed E-state index contributed by atoms with van der Waals surface area (Å²) in [6, 6.07) is 11.9. The number of ketones is 1. The molecule has 0 aliphatic heterocycles. The van der Waals surface area contributed by atoms with Gasteiger partial charge in [-0.2, -0.15) is 0 Å². The van der Waals surface area contributed by atoms with Crippen LogP contribution in [0.25, 0.3) is 10.9 Å². The van der Waals surface area contributed by atoms with Crippen molar-refractivity contribution in [2.75, 3.05) is 13.6 Å². The van der Waals surface area contributed by atoms with Gasteiger partial charge >= 0.3 is 0 Å². The van der Waals surface area contributed by atoms with Gasteiger partial charge in [-0.3, -0.25) is 9.78 Å². The second-order valence-corrected chi connectivity index (χ2v) is 4.42. The maximum atomic E-state index is 11.8. The fraction of sp³-hybridized carbons (Fsp3) is 0.333. The highest BCUT2D eigenvalue weighted by Crippen LogP contribution is 2.12. The first-order valence-electron chi connectivity index (χ1n) is 6.30. The van der Waals surface area contributed by atoms with E-state index in [4.69, 9.17) is 0 Å². The molecular weight excluding hydrogens is 224 g/mol. The summed E-state index contributed by atoms with van der Waals surface area (Å²) < 4.78 is 0. The molecule has 0 saturated carbocycles. The lowest BCUT2D eigenvalue weighted by atomic mass is 10.1. The lowest BCUT2D eigenvalue weighted by Crippen LogP contribution is -2.11. The standard InChI is InChI=1S/C15H18N2O/c1-16-10-4-6-14(18)11-13-9-8-12-5-2-3-7-15(12)17-13/h2-3,5,7-9,16H,4,6,10-11H2,1H3. The van der Waals surface area contributed by atoms with E-state index >= 15 is 0 Å². The van der Waals surface area contributed by atoms with Crippen LogP contribution in [0.1, 0.15) is 18.5 Å². The number of rotatable bonds is 6. The highest BCUT2D eigenvalue weighted by atomic mass is 16.1. The predicted molar refractivity (Wildman–Crippen MR) is 73.6 cm³/mol. The number of hydrogen-bond donors (Lipinski definition) is 1. The lowest BCUT2D eigenvalue weighted by Gasteiger charge is -2.03. The number of carbonyl (C=O) groups is 1. The highest BCUT2D eigenvalue weighted by Gasteiger charge is 2.05. The van der Waals surface area contributed by atoms with Gasteiger partial charge in [-0.25, -0.2) is 0 Å². The van der Waals surface area contributed by atoms with Gasteiger partial charge in [0.25, 0.3) is 0 Å². The maximum Gasteiger partial charge on any atom is 0.138 e. The second kappa shape index (κ2) is 6.26. The molecule has 0 fully saturated rings. The first-order chi connectivity index (χ1) is 8.79. The topological polar surface area (TPSA) is 42.0 Å². The van der Waals surface area contributed by atoms with Crippen LogP contribution < -0.4 is 5.32 Å². The smallest absolute Gasteiger partial charge is 0.138 e. The third-order valence-corrected chi connectivity index (χ3v) is 2.92. The van der Waals surface area contributed by atoms with Crippen LogP contribution in [-0.2, 0) is 11.2 Å². The van der Waals surface area contributed by atoms with Crippen molar-refractivity contribution in [2.45, 2.75) is 19.3 Å². The monoisotopic (exact) mass is 242 g/mol. The minimum Gasteiger partial charge on any atom is -0.320 e. The molecule has 0 bridgehead atoms. The molecule has 94 valence electrons. The van der Waals surface area contributed by atoms with E-state index in [1.54, 1.807) is 0 Å². The summed E-state index contributed by atoms with van der Waals surface area (Å²) in [5.74, 6) is 0.257. The summed E-state index contributed by atoms with van der Waals surface area (Å²) in [5.41, 5.74) is 1.82. The van der Waals surface area contributed by atoms with Crippen molar-refractivity contribution in [3.8, 4) is 0 Å². The molecule has 18 heavy (non-hydrogen) atoms. The molecule has 0 unspecified atom stereocenters. The van der Waals surface area contributed by atoms with Crippen LogP contribution in [0, 0.1) is 0 Å². The molecule has 0 saturated heterocycles. The number of benzene rings is 1. The summed E-state index contributed by atoms with van der Waals surface area (Å²) in [4.78, 5) is 16.3. The number of fused-ring (bicyclic) bond motifs is 1. The maximum absolute atomic E-state index is 11.8. The Bertz CT molecular complexity index is 537. The van der Waals surface area contributed by atoms with E-state index < -0.39 is 0 Å². The first kappa shape index (κ1) is 12.7. The minimum atomic E-state index is 0.257. The van der Waals surface area contributed by atoms with E-state index in [0.717, 1.165) is 29.6 Å². The van der Waals surface area contributed by atoms with Gasteiger partial charge in [-0.15, -0.1) is 0 Å².